The summed E-state index contributed by atoms with van der Waals surface area (Å²) in [5.74, 6) is 0.424. The van der Waals surface area contributed by atoms with Crippen molar-refractivity contribution in [2.45, 2.75) is 25.9 Å². The molecule has 0 radical (unpaired) electrons. The van der Waals surface area contributed by atoms with Crippen molar-refractivity contribution in [1.29, 1.82) is 0 Å². The summed E-state index contributed by atoms with van der Waals surface area (Å²) >= 11 is 0. The number of benzene rings is 2. The van der Waals surface area contributed by atoms with Gasteiger partial charge in [-0.25, -0.2) is 0 Å². The molecule has 142 valence electrons. The highest BCUT2D eigenvalue weighted by Gasteiger charge is 2.16. The van der Waals surface area contributed by atoms with Crippen LogP contribution < -0.4 is 15.0 Å². The molecule has 2 aromatic rings. The quantitative estimate of drug-likeness (QED) is 0.848. The molecule has 1 atom stereocenters. The molecule has 1 aliphatic heterocycles. The first-order valence-electron chi connectivity index (χ1n) is 9.03. The molecule has 1 unspecified atom stereocenters. The minimum Gasteiger partial charge on any atom is -0.491 e. The number of rotatable bonds is 6. The van der Waals surface area contributed by atoms with E-state index >= 15 is 0 Å². The van der Waals surface area contributed by atoms with Gasteiger partial charge in [0, 0.05) is 37.5 Å². The summed E-state index contributed by atoms with van der Waals surface area (Å²) in [6, 6.07) is 14.2. The number of ether oxygens (including phenoxy) is 2. The van der Waals surface area contributed by atoms with E-state index in [1.807, 2.05) is 6.07 Å². The minimum atomic E-state index is -0.219. The number of carbonyl (C=O) groups excluding carboxylic acids is 2. The third kappa shape index (κ3) is 5.08. The lowest BCUT2D eigenvalue weighted by atomic mass is 10.2. The van der Waals surface area contributed by atoms with Crippen molar-refractivity contribution in [1.82, 2.24) is 0 Å². The zero-order valence-electron chi connectivity index (χ0n) is 15.6. The highest BCUT2D eigenvalue weighted by molar-refractivity contribution is 6.04. The van der Waals surface area contributed by atoms with Gasteiger partial charge in [0.25, 0.3) is 5.91 Å². The number of hydrogen-bond acceptors (Lipinski definition) is 4. The van der Waals surface area contributed by atoms with Crippen LogP contribution >= 0.6 is 0 Å². The lowest BCUT2D eigenvalue weighted by Gasteiger charge is -2.16. The summed E-state index contributed by atoms with van der Waals surface area (Å²) in [5.41, 5.74) is 1.88. The lowest BCUT2D eigenvalue weighted by molar-refractivity contribution is -0.116. The molecule has 0 bridgehead atoms. The molecule has 0 aliphatic carbocycles. The van der Waals surface area contributed by atoms with E-state index in [4.69, 9.17) is 9.47 Å². The fraction of sp³-hybridized carbons (Fsp3) is 0.333. The fourth-order valence-electron chi connectivity index (χ4n) is 2.84. The maximum absolute atomic E-state index is 12.5. The summed E-state index contributed by atoms with van der Waals surface area (Å²) in [6.45, 7) is 2.83. The molecule has 6 nitrogen and oxygen atoms in total. The summed E-state index contributed by atoms with van der Waals surface area (Å²) in [4.78, 5) is 25.5. The Morgan fingerprint density at radius 2 is 2.00 bits per heavy atom. The SMILES string of the molecule is CC(=O)N(C)c1cccc(NC(=O)c2ccc(OCC3CCCO3)cc2)c1. The van der Waals surface area contributed by atoms with E-state index in [0.29, 0.717) is 23.6 Å². The zero-order chi connectivity index (χ0) is 19.2. The molecule has 0 saturated carbocycles. The Morgan fingerprint density at radius 1 is 1.22 bits per heavy atom. The van der Waals surface area contributed by atoms with Gasteiger partial charge < -0.3 is 19.7 Å². The largest absolute Gasteiger partial charge is 0.491 e. The summed E-state index contributed by atoms with van der Waals surface area (Å²) in [5, 5.41) is 2.85. The normalized spacial score (nSPS) is 16.0. The molecule has 27 heavy (non-hydrogen) atoms. The van der Waals surface area contributed by atoms with E-state index in [1.54, 1.807) is 49.5 Å². The highest BCUT2D eigenvalue weighted by atomic mass is 16.5. The van der Waals surface area contributed by atoms with Crippen LogP contribution in [-0.4, -0.2) is 38.2 Å². The summed E-state index contributed by atoms with van der Waals surface area (Å²) in [7, 11) is 1.69. The van der Waals surface area contributed by atoms with Crippen molar-refractivity contribution in [3.05, 3.63) is 54.1 Å². The van der Waals surface area contributed by atoms with Crippen molar-refractivity contribution in [3.63, 3.8) is 0 Å². The molecule has 0 aromatic heterocycles. The van der Waals surface area contributed by atoms with Gasteiger partial charge in [-0.1, -0.05) is 6.07 Å². The Labute approximate surface area is 159 Å². The second kappa shape index (κ2) is 8.68. The molecule has 2 aromatic carbocycles. The average molecular weight is 368 g/mol. The fourth-order valence-corrected chi connectivity index (χ4v) is 2.84. The highest BCUT2D eigenvalue weighted by Crippen LogP contribution is 2.20. The van der Waals surface area contributed by atoms with Gasteiger partial charge in [-0.05, 0) is 55.3 Å². The Balaban J connectivity index is 1.59. The second-order valence-corrected chi connectivity index (χ2v) is 6.55. The lowest BCUT2D eigenvalue weighted by Crippen LogP contribution is -2.23. The van der Waals surface area contributed by atoms with E-state index in [2.05, 4.69) is 5.32 Å². The molecule has 1 N–H and O–H groups in total. The van der Waals surface area contributed by atoms with E-state index in [0.717, 1.165) is 25.1 Å². The predicted molar refractivity (Wildman–Crippen MR) is 104 cm³/mol. The van der Waals surface area contributed by atoms with Crippen LogP contribution in [0.5, 0.6) is 5.75 Å². The summed E-state index contributed by atoms with van der Waals surface area (Å²) < 4.78 is 11.2. The molecule has 1 heterocycles. The number of amides is 2. The first-order chi connectivity index (χ1) is 13.0. The second-order valence-electron chi connectivity index (χ2n) is 6.55. The molecule has 3 rings (SSSR count). The first-order valence-corrected chi connectivity index (χ1v) is 9.03. The van der Waals surface area contributed by atoms with Crippen LogP contribution in [0.25, 0.3) is 0 Å². The number of hydrogen-bond donors (Lipinski definition) is 1. The van der Waals surface area contributed by atoms with Crippen molar-refractivity contribution in [2.75, 3.05) is 30.5 Å². The van der Waals surface area contributed by atoms with Gasteiger partial charge in [0.05, 0.1) is 6.10 Å². The van der Waals surface area contributed by atoms with Crippen molar-refractivity contribution in [3.8, 4) is 5.75 Å². The van der Waals surface area contributed by atoms with Crippen LogP contribution in [0.4, 0.5) is 11.4 Å². The van der Waals surface area contributed by atoms with Gasteiger partial charge in [0.1, 0.15) is 12.4 Å². The van der Waals surface area contributed by atoms with Crippen LogP contribution in [0, 0.1) is 0 Å². The van der Waals surface area contributed by atoms with E-state index in [1.165, 1.54) is 11.8 Å². The van der Waals surface area contributed by atoms with Crippen LogP contribution in [0.15, 0.2) is 48.5 Å². The molecule has 2 amide bonds. The number of carbonyl (C=O) groups is 2. The third-order valence-electron chi connectivity index (χ3n) is 4.54. The van der Waals surface area contributed by atoms with Crippen LogP contribution in [-0.2, 0) is 9.53 Å². The molecule has 1 fully saturated rings. The Kier molecular flexibility index (Phi) is 6.08. The number of nitrogens with zero attached hydrogens (tertiary/aromatic N) is 1. The van der Waals surface area contributed by atoms with Gasteiger partial charge in [-0.15, -0.1) is 0 Å². The zero-order valence-corrected chi connectivity index (χ0v) is 15.6. The number of nitrogens with one attached hydrogen (secondary N) is 1. The van der Waals surface area contributed by atoms with Crippen molar-refractivity contribution < 1.29 is 19.1 Å². The van der Waals surface area contributed by atoms with E-state index < -0.39 is 0 Å². The van der Waals surface area contributed by atoms with Gasteiger partial charge >= 0.3 is 0 Å². The number of anilines is 2. The van der Waals surface area contributed by atoms with Crippen LogP contribution in [0.2, 0.25) is 0 Å². The Hall–Kier alpha value is -2.86. The van der Waals surface area contributed by atoms with Crippen molar-refractivity contribution in [2.24, 2.45) is 0 Å². The molecular weight excluding hydrogens is 344 g/mol. The van der Waals surface area contributed by atoms with Gasteiger partial charge in [0.2, 0.25) is 5.91 Å². The molecular formula is C21H24N2O4. The monoisotopic (exact) mass is 368 g/mol. The van der Waals surface area contributed by atoms with E-state index in [9.17, 15) is 9.59 Å². The maximum atomic E-state index is 12.5. The minimum absolute atomic E-state index is 0.0722. The van der Waals surface area contributed by atoms with Crippen molar-refractivity contribution >= 4 is 23.2 Å². The first kappa shape index (κ1) is 18.9. The molecule has 1 saturated heterocycles. The standard InChI is InChI=1S/C21H24N2O4/c1-15(24)23(2)18-6-3-5-17(13-18)22-21(25)16-8-10-19(11-9-16)27-14-20-7-4-12-26-20/h3,5-6,8-11,13,20H,4,7,12,14H2,1-2H3,(H,22,25). The summed E-state index contributed by atoms with van der Waals surface area (Å²) in [6.07, 6.45) is 2.27. The Morgan fingerprint density at radius 3 is 2.67 bits per heavy atom. The van der Waals surface area contributed by atoms with Crippen LogP contribution in [0.3, 0.4) is 0 Å². The molecule has 0 spiro atoms. The molecule has 6 heteroatoms. The maximum Gasteiger partial charge on any atom is 0.255 e. The smallest absolute Gasteiger partial charge is 0.255 e. The van der Waals surface area contributed by atoms with Gasteiger partial charge in [0.15, 0.2) is 0 Å². The third-order valence-corrected chi connectivity index (χ3v) is 4.54. The average Bonchev–Trinajstić information content (AvgIpc) is 3.20. The molecule has 1 aliphatic rings. The van der Waals surface area contributed by atoms with E-state index in [-0.39, 0.29) is 17.9 Å². The topological polar surface area (TPSA) is 67.9 Å². The predicted octanol–water partition coefficient (Wildman–Crippen LogP) is 3.48. The Bertz CT molecular complexity index is 798. The van der Waals surface area contributed by atoms with Crippen LogP contribution in [0.1, 0.15) is 30.1 Å². The van der Waals surface area contributed by atoms with Gasteiger partial charge in [-0.2, -0.15) is 0 Å². The van der Waals surface area contributed by atoms with Gasteiger partial charge in [-0.3, -0.25) is 9.59 Å².